The van der Waals surface area contributed by atoms with Crippen molar-refractivity contribution in [3.05, 3.63) is 32.8 Å². The molecule has 0 aromatic heterocycles. The third-order valence-corrected chi connectivity index (χ3v) is 3.80. The molecule has 0 saturated carbocycles. The summed E-state index contributed by atoms with van der Waals surface area (Å²) >= 11 is 5.93. The van der Waals surface area contributed by atoms with Crippen LogP contribution < -0.4 is 11.3 Å². The van der Waals surface area contributed by atoms with Crippen LogP contribution in [0.4, 0.5) is 11.4 Å². The van der Waals surface area contributed by atoms with Gasteiger partial charge in [0.05, 0.1) is 22.6 Å². The van der Waals surface area contributed by atoms with Gasteiger partial charge in [0.25, 0.3) is 11.6 Å². The van der Waals surface area contributed by atoms with Crippen LogP contribution >= 0.6 is 11.6 Å². The van der Waals surface area contributed by atoms with E-state index in [9.17, 15) is 20.0 Å². The fourth-order valence-electron chi connectivity index (χ4n) is 2.46. The summed E-state index contributed by atoms with van der Waals surface area (Å²) in [7, 11) is 0. The number of benzene rings is 1. The van der Waals surface area contributed by atoms with Crippen LogP contribution in [-0.2, 0) is 0 Å². The van der Waals surface area contributed by atoms with E-state index in [1.807, 2.05) is 0 Å². The van der Waals surface area contributed by atoms with Crippen LogP contribution in [-0.4, -0.2) is 40.0 Å². The summed E-state index contributed by atoms with van der Waals surface area (Å²) in [4.78, 5) is 24.3. The molecule has 1 atom stereocenters. The lowest BCUT2D eigenvalue weighted by atomic mass is 10.1. The molecule has 2 rings (SSSR count). The molecule has 21 heavy (non-hydrogen) atoms. The highest BCUT2D eigenvalue weighted by atomic mass is 35.5. The molecule has 1 fully saturated rings. The Kier molecular flexibility index (Phi) is 4.61. The second-order valence-corrected chi connectivity index (χ2v) is 5.14. The number of nitrogen functional groups attached to an aromatic ring is 1. The summed E-state index contributed by atoms with van der Waals surface area (Å²) in [6, 6.07) is 2.21. The van der Waals surface area contributed by atoms with Crippen LogP contribution in [0.2, 0.25) is 5.02 Å². The molecule has 0 spiro atoms. The number of rotatable bonds is 4. The molecule has 1 amide bonds. The number of nitrogens with two attached hydrogens (primary N) is 1. The van der Waals surface area contributed by atoms with Gasteiger partial charge in [-0.2, -0.15) is 0 Å². The molecule has 1 aliphatic rings. The Morgan fingerprint density at radius 2 is 2.33 bits per heavy atom. The van der Waals surface area contributed by atoms with Gasteiger partial charge in [-0.3, -0.25) is 20.8 Å². The Morgan fingerprint density at radius 3 is 2.90 bits per heavy atom. The van der Waals surface area contributed by atoms with Gasteiger partial charge in [0.2, 0.25) is 0 Å². The monoisotopic (exact) mass is 314 g/mol. The van der Waals surface area contributed by atoms with E-state index in [2.05, 4.69) is 5.43 Å². The third kappa shape index (κ3) is 2.92. The van der Waals surface area contributed by atoms with Gasteiger partial charge in [-0.05, 0) is 18.9 Å². The van der Waals surface area contributed by atoms with Gasteiger partial charge in [0, 0.05) is 18.2 Å². The second-order valence-electron chi connectivity index (χ2n) is 4.73. The molecule has 8 nitrogen and oxygen atoms in total. The van der Waals surface area contributed by atoms with Crippen molar-refractivity contribution in [3.8, 4) is 0 Å². The highest BCUT2D eigenvalue weighted by Crippen LogP contribution is 2.34. The largest absolute Gasteiger partial charge is 0.394 e. The topological polar surface area (TPSA) is 122 Å². The maximum Gasteiger partial charge on any atom is 0.295 e. The molecule has 0 radical (unpaired) electrons. The molecular formula is C12H15ClN4O4. The summed E-state index contributed by atoms with van der Waals surface area (Å²) < 4.78 is 0. The number of hydrazine groups is 1. The molecule has 1 heterocycles. The number of carbonyl (C=O) groups excluding carboxylic acids is 1. The Hall–Kier alpha value is -1.90. The van der Waals surface area contributed by atoms with Gasteiger partial charge in [-0.1, -0.05) is 11.6 Å². The molecule has 0 bridgehead atoms. The standard InChI is InChI=1S/C12H15ClN4O4/c13-9-4-7(5-10(17(20)21)11(9)15-14)12(19)16-3-1-2-8(16)6-18/h4-5,8,15,18H,1-3,6,14H2. The first kappa shape index (κ1) is 15.5. The number of anilines is 1. The lowest BCUT2D eigenvalue weighted by Crippen LogP contribution is -2.37. The quantitative estimate of drug-likeness (QED) is 0.435. The van der Waals surface area contributed by atoms with E-state index >= 15 is 0 Å². The zero-order chi connectivity index (χ0) is 15.6. The predicted octanol–water partition coefficient (Wildman–Crippen LogP) is 1.13. The highest BCUT2D eigenvalue weighted by Gasteiger charge is 2.30. The van der Waals surface area contributed by atoms with Crippen molar-refractivity contribution in [1.82, 2.24) is 4.90 Å². The average molecular weight is 315 g/mol. The van der Waals surface area contributed by atoms with Crippen LogP contribution in [0.1, 0.15) is 23.2 Å². The van der Waals surface area contributed by atoms with Gasteiger partial charge < -0.3 is 15.4 Å². The smallest absolute Gasteiger partial charge is 0.295 e. The average Bonchev–Trinajstić information content (AvgIpc) is 2.93. The molecular weight excluding hydrogens is 300 g/mol. The fourth-order valence-corrected chi connectivity index (χ4v) is 2.73. The van der Waals surface area contributed by atoms with E-state index < -0.39 is 4.92 Å². The number of nitrogens with one attached hydrogen (secondary N) is 1. The lowest BCUT2D eigenvalue weighted by molar-refractivity contribution is -0.384. The number of likely N-dealkylation sites (tertiary alicyclic amines) is 1. The Bertz CT molecular complexity index is 581. The van der Waals surface area contributed by atoms with E-state index in [4.69, 9.17) is 17.4 Å². The zero-order valence-electron chi connectivity index (χ0n) is 11.1. The maximum absolute atomic E-state index is 12.4. The van der Waals surface area contributed by atoms with Crippen molar-refractivity contribution in [2.45, 2.75) is 18.9 Å². The number of aliphatic hydroxyl groups excluding tert-OH is 1. The molecule has 0 aliphatic carbocycles. The molecule has 1 aliphatic heterocycles. The summed E-state index contributed by atoms with van der Waals surface area (Å²) in [5, 5.41) is 20.3. The number of hydrogen-bond donors (Lipinski definition) is 3. The normalized spacial score (nSPS) is 17.9. The van der Waals surface area contributed by atoms with Gasteiger partial charge in [0.15, 0.2) is 0 Å². The van der Waals surface area contributed by atoms with E-state index in [1.165, 1.54) is 11.0 Å². The number of halogens is 1. The van der Waals surface area contributed by atoms with Crippen molar-refractivity contribution < 1.29 is 14.8 Å². The first-order valence-electron chi connectivity index (χ1n) is 6.36. The minimum absolute atomic E-state index is 0.00482. The number of aliphatic hydroxyl groups is 1. The van der Waals surface area contributed by atoms with Crippen LogP contribution in [0.5, 0.6) is 0 Å². The molecule has 1 unspecified atom stereocenters. The molecule has 114 valence electrons. The van der Waals surface area contributed by atoms with Crippen molar-refractivity contribution in [1.29, 1.82) is 0 Å². The Balaban J connectivity index is 2.40. The second kappa shape index (κ2) is 6.25. The Labute approximate surface area is 125 Å². The van der Waals surface area contributed by atoms with E-state index in [1.54, 1.807) is 0 Å². The van der Waals surface area contributed by atoms with Gasteiger partial charge in [0.1, 0.15) is 5.69 Å². The number of nitro benzene ring substituents is 1. The molecule has 1 aromatic carbocycles. The number of amides is 1. The van der Waals surface area contributed by atoms with Crippen molar-refractivity contribution in [2.75, 3.05) is 18.6 Å². The Morgan fingerprint density at radius 1 is 1.62 bits per heavy atom. The van der Waals surface area contributed by atoms with Crippen molar-refractivity contribution in [2.24, 2.45) is 5.84 Å². The van der Waals surface area contributed by atoms with Crippen LogP contribution in [0.15, 0.2) is 12.1 Å². The number of hydrogen-bond acceptors (Lipinski definition) is 6. The van der Waals surface area contributed by atoms with Gasteiger partial charge in [-0.25, -0.2) is 0 Å². The molecule has 9 heteroatoms. The van der Waals surface area contributed by atoms with E-state index in [0.717, 1.165) is 12.5 Å². The van der Waals surface area contributed by atoms with E-state index in [0.29, 0.717) is 13.0 Å². The summed E-state index contributed by atoms with van der Waals surface area (Å²) in [6.07, 6.45) is 1.50. The van der Waals surface area contributed by atoms with Crippen LogP contribution in [0, 0.1) is 10.1 Å². The van der Waals surface area contributed by atoms with Crippen LogP contribution in [0.25, 0.3) is 0 Å². The maximum atomic E-state index is 12.4. The summed E-state index contributed by atoms with van der Waals surface area (Å²) in [5.41, 5.74) is 1.85. The summed E-state index contributed by atoms with van der Waals surface area (Å²) in [5.74, 6) is 4.83. The zero-order valence-corrected chi connectivity index (χ0v) is 11.8. The number of carbonyl (C=O) groups is 1. The van der Waals surface area contributed by atoms with E-state index in [-0.39, 0.29) is 40.5 Å². The minimum atomic E-state index is -0.661. The molecule has 1 saturated heterocycles. The van der Waals surface area contributed by atoms with Gasteiger partial charge >= 0.3 is 0 Å². The molecule has 1 aromatic rings. The first-order chi connectivity index (χ1) is 9.99. The fraction of sp³-hybridized carbons (Fsp3) is 0.417. The lowest BCUT2D eigenvalue weighted by Gasteiger charge is -2.23. The number of nitrogens with zero attached hydrogens (tertiary/aromatic N) is 2. The van der Waals surface area contributed by atoms with Gasteiger partial charge in [-0.15, -0.1) is 0 Å². The SMILES string of the molecule is NNc1c(Cl)cc(C(=O)N2CCCC2CO)cc1[N+](=O)[O-]. The number of nitro groups is 1. The molecule has 4 N–H and O–H groups in total. The van der Waals surface area contributed by atoms with Crippen molar-refractivity contribution >= 4 is 28.9 Å². The van der Waals surface area contributed by atoms with Crippen molar-refractivity contribution in [3.63, 3.8) is 0 Å². The van der Waals surface area contributed by atoms with Crippen LogP contribution in [0.3, 0.4) is 0 Å². The third-order valence-electron chi connectivity index (χ3n) is 3.51. The summed E-state index contributed by atoms with van der Waals surface area (Å²) in [6.45, 7) is 0.371. The predicted molar refractivity (Wildman–Crippen MR) is 77.1 cm³/mol. The highest BCUT2D eigenvalue weighted by molar-refractivity contribution is 6.34. The first-order valence-corrected chi connectivity index (χ1v) is 6.73. The minimum Gasteiger partial charge on any atom is -0.394 e.